The molecule has 1 amide bonds. The fourth-order valence-electron chi connectivity index (χ4n) is 2.82. The average molecular weight is 364 g/mol. The largest absolute Gasteiger partial charge is 0.493 e. The van der Waals surface area contributed by atoms with Gasteiger partial charge in [0.15, 0.2) is 0 Å². The molecule has 3 aromatic rings. The maximum atomic E-state index is 12.5. The summed E-state index contributed by atoms with van der Waals surface area (Å²) in [4.78, 5) is 19.0. The molecular weight excluding hydrogens is 346 g/mol. The van der Waals surface area contributed by atoms with Gasteiger partial charge in [0, 0.05) is 48.9 Å². The maximum Gasteiger partial charge on any atom is 0.275 e. The minimum Gasteiger partial charge on any atom is -0.493 e. The number of nitrogens with zero attached hydrogens (tertiary/aromatic N) is 2. The molecule has 4 rings (SSSR count). The Morgan fingerprint density at radius 1 is 1.31 bits per heavy atom. The van der Waals surface area contributed by atoms with Crippen molar-refractivity contribution in [1.29, 1.82) is 0 Å². The summed E-state index contributed by atoms with van der Waals surface area (Å²) in [6.07, 6.45) is 0.918. The number of rotatable bonds is 4. The van der Waals surface area contributed by atoms with E-state index in [0.29, 0.717) is 5.69 Å². The van der Waals surface area contributed by atoms with Crippen molar-refractivity contribution in [3.05, 3.63) is 59.1 Å². The summed E-state index contributed by atoms with van der Waals surface area (Å²) in [6.45, 7) is 0.730. The van der Waals surface area contributed by atoms with Gasteiger partial charge in [0.25, 0.3) is 5.91 Å². The van der Waals surface area contributed by atoms with E-state index in [1.165, 1.54) is 16.9 Å². The van der Waals surface area contributed by atoms with E-state index in [4.69, 9.17) is 4.74 Å². The second-order valence-corrected chi connectivity index (χ2v) is 7.13. The number of aromatic nitrogens is 1. The summed E-state index contributed by atoms with van der Waals surface area (Å²) >= 11 is 1.47. The molecule has 1 aliphatic rings. The van der Waals surface area contributed by atoms with Crippen molar-refractivity contribution in [2.75, 3.05) is 30.9 Å². The molecule has 26 heavy (non-hydrogen) atoms. The lowest BCUT2D eigenvalue weighted by Crippen LogP contribution is -2.13. The zero-order valence-corrected chi connectivity index (χ0v) is 15.4. The molecule has 6 heteroatoms. The Morgan fingerprint density at radius 2 is 2.19 bits per heavy atom. The van der Waals surface area contributed by atoms with E-state index in [1.54, 1.807) is 11.4 Å². The number of nitrogens with one attached hydrogen (secondary N) is 1. The number of fused-ring (bicyclic) bond motifs is 1. The molecule has 0 aliphatic carbocycles. The number of ether oxygens (including phenoxy) is 1. The van der Waals surface area contributed by atoms with Crippen LogP contribution in [0.1, 0.15) is 16.1 Å². The number of hydrogen-bond acceptors (Lipinski definition) is 5. The number of thiazole rings is 1. The fraction of sp³-hybridized carbons (Fsp3) is 0.200. The first-order valence-corrected chi connectivity index (χ1v) is 9.20. The van der Waals surface area contributed by atoms with Crippen LogP contribution in [0.4, 0.5) is 11.4 Å². The Bertz CT molecular complexity index is 965. The van der Waals surface area contributed by atoms with E-state index in [1.807, 2.05) is 43.3 Å². The molecule has 5 nitrogen and oxygen atoms in total. The van der Waals surface area contributed by atoms with Gasteiger partial charge in [-0.25, -0.2) is 4.98 Å². The average Bonchev–Trinajstić information content (AvgIpc) is 3.30. The molecule has 1 radical (unpaired) electrons. The van der Waals surface area contributed by atoms with Gasteiger partial charge < -0.3 is 15.0 Å². The van der Waals surface area contributed by atoms with Crippen molar-refractivity contribution in [2.45, 2.75) is 6.42 Å². The predicted octanol–water partition coefficient (Wildman–Crippen LogP) is 3.86. The van der Waals surface area contributed by atoms with Gasteiger partial charge in [-0.3, -0.25) is 4.79 Å². The SMILES string of the molecule is CN(C)c1[c]ccc(NC(=O)c2csc(-c3ccc4c(c3)CCO4)n2)c1. The highest BCUT2D eigenvalue weighted by atomic mass is 32.1. The standard InChI is InChI=1S/C20H18N3O2S/c1-23(2)16-5-3-4-15(11-16)21-19(24)17-12-26-20(22-17)14-6-7-18-13(10-14)8-9-25-18/h3-4,6-7,10-12H,8-9H2,1-2H3,(H,21,24). The predicted molar refractivity (Wildman–Crippen MR) is 104 cm³/mol. The van der Waals surface area contributed by atoms with Crippen LogP contribution in [0.5, 0.6) is 5.75 Å². The number of anilines is 2. The molecule has 1 aromatic heterocycles. The van der Waals surface area contributed by atoms with Gasteiger partial charge in [0.1, 0.15) is 16.5 Å². The normalized spacial score (nSPS) is 12.4. The Hall–Kier alpha value is -2.86. The highest BCUT2D eigenvalue weighted by molar-refractivity contribution is 7.13. The smallest absolute Gasteiger partial charge is 0.275 e. The molecule has 2 aromatic carbocycles. The third-order valence-electron chi connectivity index (χ3n) is 4.20. The highest BCUT2D eigenvalue weighted by Crippen LogP contribution is 2.32. The van der Waals surface area contributed by atoms with Crippen LogP contribution in [-0.2, 0) is 6.42 Å². The van der Waals surface area contributed by atoms with E-state index in [0.717, 1.165) is 40.7 Å². The molecule has 0 unspecified atom stereocenters. The van der Waals surface area contributed by atoms with Crippen LogP contribution < -0.4 is 15.0 Å². The summed E-state index contributed by atoms with van der Waals surface area (Å²) < 4.78 is 5.54. The molecule has 0 saturated carbocycles. The molecule has 0 saturated heterocycles. The maximum absolute atomic E-state index is 12.5. The van der Waals surface area contributed by atoms with E-state index in [-0.39, 0.29) is 5.91 Å². The molecular formula is C20H18N3O2S. The van der Waals surface area contributed by atoms with Gasteiger partial charge in [-0.15, -0.1) is 11.3 Å². The van der Waals surface area contributed by atoms with Gasteiger partial charge >= 0.3 is 0 Å². The summed E-state index contributed by atoms with van der Waals surface area (Å²) in [6, 6.07) is 14.7. The van der Waals surface area contributed by atoms with Crippen molar-refractivity contribution >= 4 is 28.6 Å². The lowest BCUT2D eigenvalue weighted by atomic mass is 10.1. The third kappa shape index (κ3) is 3.28. The second-order valence-electron chi connectivity index (χ2n) is 6.27. The number of hydrogen-bond donors (Lipinski definition) is 1. The Morgan fingerprint density at radius 3 is 3.04 bits per heavy atom. The second kappa shape index (κ2) is 6.80. The number of amides is 1. The lowest BCUT2D eigenvalue weighted by Gasteiger charge is -2.13. The van der Waals surface area contributed by atoms with E-state index >= 15 is 0 Å². The van der Waals surface area contributed by atoms with Crippen LogP contribution in [0.15, 0.2) is 41.8 Å². The first kappa shape index (κ1) is 16.6. The van der Waals surface area contributed by atoms with Crippen molar-refractivity contribution in [2.24, 2.45) is 0 Å². The van der Waals surface area contributed by atoms with Crippen molar-refractivity contribution in [3.63, 3.8) is 0 Å². The Labute approximate surface area is 156 Å². The fourth-order valence-corrected chi connectivity index (χ4v) is 3.61. The van der Waals surface area contributed by atoms with E-state index in [9.17, 15) is 4.79 Å². The minimum absolute atomic E-state index is 0.215. The van der Waals surface area contributed by atoms with Crippen LogP contribution in [0.3, 0.4) is 0 Å². The van der Waals surface area contributed by atoms with Gasteiger partial charge in [-0.2, -0.15) is 0 Å². The van der Waals surface area contributed by atoms with Gasteiger partial charge in [-0.05, 0) is 35.9 Å². The molecule has 2 heterocycles. The van der Waals surface area contributed by atoms with Gasteiger partial charge in [-0.1, -0.05) is 6.07 Å². The summed E-state index contributed by atoms with van der Waals surface area (Å²) in [5, 5.41) is 5.52. The van der Waals surface area contributed by atoms with Crippen LogP contribution in [0, 0.1) is 6.07 Å². The van der Waals surface area contributed by atoms with Crippen LogP contribution >= 0.6 is 11.3 Å². The van der Waals surface area contributed by atoms with Crippen LogP contribution in [0.25, 0.3) is 10.6 Å². The Kier molecular flexibility index (Phi) is 4.34. The van der Waals surface area contributed by atoms with Crippen LogP contribution in [-0.4, -0.2) is 31.6 Å². The summed E-state index contributed by atoms with van der Waals surface area (Å²) in [5.41, 5.74) is 4.26. The Balaban J connectivity index is 1.52. The molecule has 0 fully saturated rings. The van der Waals surface area contributed by atoms with E-state index < -0.39 is 0 Å². The summed E-state index contributed by atoms with van der Waals surface area (Å²) in [7, 11) is 3.87. The zero-order chi connectivity index (χ0) is 18.1. The molecule has 1 aliphatic heterocycles. The number of benzene rings is 2. The molecule has 0 bridgehead atoms. The number of carbonyl (C=O) groups excluding carboxylic acids is 1. The molecule has 131 valence electrons. The first-order valence-electron chi connectivity index (χ1n) is 8.32. The molecule has 0 atom stereocenters. The van der Waals surface area contributed by atoms with Crippen molar-refractivity contribution in [1.82, 2.24) is 4.98 Å². The first-order chi connectivity index (χ1) is 12.6. The monoisotopic (exact) mass is 364 g/mol. The number of carbonyl (C=O) groups is 1. The topological polar surface area (TPSA) is 54.5 Å². The quantitative estimate of drug-likeness (QED) is 0.764. The highest BCUT2D eigenvalue weighted by Gasteiger charge is 2.16. The lowest BCUT2D eigenvalue weighted by molar-refractivity contribution is 0.102. The van der Waals surface area contributed by atoms with Gasteiger partial charge in [0.2, 0.25) is 0 Å². The summed E-state index contributed by atoms with van der Waals surface area (Å²) in [5.74, 6) is 0.730. The van der Waals surface area contributed by atoms with Crippen molar-refractivity contribution < 1.29 is 9.53 Å². The van der Waals surface area contributed by atoms with Gasteiger partial charge in [0.05, 0.1) is 6.61 Å². The zero-order valence-electron chi connectivity index (χ0n) is 14.6. The van der Waals surface area contributed by atoms with E-state index in [2.05, 4.69) is 22.4 Å². The molecule has 0 spiro atoms. The molecule has 1 N–H and O–H groups in total. The van der Waals surface area contributed by atoms with Crippen LogP contribution in [0.2, 0.25) is 0 Å². The third-order valence-corrected chi connectivity index (χ3v) is 5.09. The minimum atomic E-state index is -0.215. The van der Waals surface area contributed by atoms with Crippen molar-refractivity contribution in [3.8, 4) is 16.3 Å².